The second-order valence-electron chi connectivity index (χ2n) is 5.80. The molecule has 1 aliphatic rings. The van der Waals surface area contributed by atoms with E-state index in [4.69, 9.17) is 10.5 Å². The molecule has 1 aromatic carbocycles. The summed E-state index contributed by atoms with van der Waals surface area (Å²) in [7, 11) is 1.65. The Bertz CT molecular complexity index is 571. The van der Waals surface area contributed by atoms with Crippen LogP contribution in [0.4, 0.5) is 4.79 Å². The molecule has 0 aromatic heterocycles. The molecule has 1 aromatic rings. The summed E-state index contributed by atoms with van der Waals surface area (Å²) in [6, 6.07) is 7.27. The molecule has 8 heteroatoms. The van der Waals surface area contributed by atoms with Crippen LogP contribution in [0.25, 0.3) is 0 Å². The molecule has 7 nitrogen and oxygen atoms in total. The molecule has 1 fully saturated rings. The second-order valence-corrected chi connectivity index (χ2v) is 5.80. The van der Waals surface area contributed by atoms with Crippen LogP contribution in [-0.2, 0) is 4.79 Å². The average Bonchev–Trinajstić information content (AvgIpc) is 2.61. The summed E-state index contributed by atoms with van der Waals surface area (Å²) in [5.41, 5.74) is 6.04. The maximum absolute atomic E-state index is 12.6. The van der Waals surface area contributed by atoms with Gasteiger partial charge in [0, 0.05) is 38.2 Å². The topological polar surface area (TPSA) is 96.7 Å². The molecule has 1 aliphatic heterocycles. The smallest absolute Gasteiger partial charge is 0.312 e. The highest BCUT2D eigenvalue weighted by Crippen LogP contribution is 2.30. The van der Waals surface area contributed by atoms with E-state index >= 15 is 0 Å². The molecule has 0 aliphatic carbocycles. The van der Waals surface area contributed by atoms with Crippen molar-refractivity contribution in [1.29, 1.82) is 0 Å². The molecule has 0 bridgehead atoms. The van der Waals surface area contributed by atoms with Crippen molar-refractivity contribution >= 4 is 24.3 Å². The van der Waals surface area contributed by atoms with Crippen LogP contribution in [-0.4, -0.2) is 50.1 Å². The molecule has 2 rings (SSSR count). The number of nitrogens with zero attached hydrogens (tertiary/aromatic N) is 1. The first kappa shape index (κ1) is 21.1. The van der Waals surface area contributed by atoms with E-state index in [1.54, 1.807) is 7.11 Å². The van der Waals surface area contributed by atoms with Crippen LogP contribution in [0.1, 0.15) is 30.9 Å². The number of halogens is 1. The van der Waals surface area contributed by atoms with Gasteiger partial charge in [-0.3, -0.25) is 4.79 Å². The van der Waals surface area contributed by atoms with Gasteiger partial charge in [0.25, 0.3) is 0 Å². The maximum Gasteiger partial charge on any atom is 0.312 e. The minimum Gasteiger partial charge on any atom is -0.496 e. The quantitative estimate of drug-likeness (QED) is 0.632. The molecule has 25 heavy (non-hydrogen) atoms. The fraction of sp³-hybridized carbons (Fsp3) is 0.529. The van der Waals surface area contributed by atoms with Crippen molar-refractivity contribution in [1.82, 2.24) is 15.5 Å². The Morgan fingerprint density at radius 3 is 2.84 bits per heavy atom. The third-order valence-electron chi connectivity index (χ3n) is 4.18. The SMILES string of the molecule is COc1ccccc1C1CNCCN1C(=O)CCCCNC(N)=O.Cl. The number of amides is 3. The summed E-state index contributed by atoms with van der Waals surface area (Å²) in [6.45, 7) is 2.69. The van der Waals surface area contributed by atoms with E-state index in [2.05, 4.69) is 10.6 Å². The predicted molar refractivity (Wildman–Crippen MR) is 99.0 cm³/mol. The van der Waals surface area contributed by atoms with Crippen LogP contribution in [0.3, 0.4) is 0 Å². The van der Waals surface area contributed by atoms with Gasteiger partial charge in [-0.1, -0.05) is 18.2 Å². The van der Waals surface area contributed by atoms with Crippen LogP contribution in [0, 0.1) is 0 Å². The molecule has 0 radical (unpaired) electrons. The number of carbonyl (C=O) groups excluding carboxylic acids is 2. The van der Waals surface area contributed by atoms with Gasteiger partial charge in [-0.2, -0.15) is 0 Å². The molecule has 140 valence electrons. The summed E-state index contributed by atoms with van der Waals surface area (Å²) in [6.07, 6.45) is 1.92. The van der Waals surface area contributed by atoms with Crippen LogP contribution in [0.5, 0.6) is 5.75 Å². The van der Waals surface area contributed by atoms with Gasteiger partial charge < -0.3 is 26.0 Å². The summed E-state index contributed by atoms with van der Waals surface area (Å²) >= 11 is 0. The number of ether oxygens (including phenoxy) is 1. The first-order chi connectivity index (χ1) is 11.6. The lowest BCUT2D eigenvalue weighted by Gasteiger charge is -2.37. The summed E-state index contributed by atoms with van der Waals surface area (Å²) in [5, 5.41) is 5.88. The Hall–Kier alpha value is -1.99. The largest absolute Gasteiger partial charge is 0.496 e. The van der Waals surface area contributed by atoms with Crippen molar-refractivity contribution < 1.29 is 14.3 Å². The summed E-state index contributed by atoms with van der Waals surface area (Å²) in [5.74, 6) is 0.932. The molecule has 1 atom stereocenters. The first-order valence-corrected chi connectivity index (χ1v) is 8.30. The minimum absolute atomic E-state index is 0. The van der Waals surface area contributed by atoms with Crippen LogP contribution in [0.2, 0.25) is 0 Å². The number of rotatable bonds is 7. The molecular formula is C17H27ClN4O3. The van der Waals surface area contributed by atoms with Crippen molar-refractivity contribution in [3.63, 3.8) is 0 Å². The molecule has 3 amide bonds. The molecule has 1 saturated heterocycles. The first-order valence-electron chi connectivity index (χ1n) is 8.30. The van der Waals surface area contributed by atoms with E-state index in [0.717, 1.165) is 37.2 Å². The van der Waals surface area contributed by atoms with Crippen molar-refractivity contribution in [3.05, 3.63) is 29.8 Å². The highest BCUT2D eigenvalue weighted by molar-refractivity contribution is 5.85. The normalized spacial score (nSPS) is 16.7. The fourth-order valence-electron chi connectivity index (χ4n) is 2.98. The number of hydrogen-bond acceptors (Lipinski definition) is 4. The monoisotopic (exact) mass is 370 g/mol. The van der Waals surface area contributed by atoms with Gasteiger partial charge in [0.05, 0.1) is 13.2 Å². The number of methoxy groups -OCH3 is 1. The van der Waals surface area contributed by atoms with Crippen molar-refractivity contribution in [2.45, 2.75) is 25.3 Å². The number of nitrogens with two attached hydrogens (primary N) is 1. The van der Waals surface area contributed by atoms with Gasteiger partial charge in [-0.15, -0.1) is 12.4 Å². The van der Waals surface area contributed by atoms with Crippen LogP contribution >= 0.6 is 12.4 Å². The number of piperazine rings is 1. The standard InChI is InChI=1S/C17H26N4O3.ClH/c1-24-15-7-3-2-6-13(15)14-12-19-10-11-21(14)16(22)8-4-5-9-20-17(18)23;/h2-3,6-7,14,19H,4-5,8-12H2,1H3,(H3,18,20,23);1H. The second kappa shape index (κ2) is 10.8. The number of unbranched alkanes of at least 4 members (excludes halogenated alkanes) is 1. The number of benzene rings is 1. The fourth-order valence-corrected chi connectivity index (χ4v) is 2.98. The molecule has 0 saturated carbocycles. The Balaban J connectivity index is 0.00000312. The lowest BCUT2D eigenvalue weighted by Crippen LogP contribution is -2.48. The zero-order valence-electron chi connectivity index (χ0n) is 14.5. The van der Waals surface area contributed by atoms with Gasteiger partial charge in [0.1, 0.15) is 5.75 Å². The van der Waals surface area contributed by atoms with Crippen molar-refractivity contribution in [2.24, 2.45) is 5.73 Å². The van der Waals surface area contributed by atoms with Crippen molar-refractivity contribution in [2.75, 3.05) is 33.3 Å². The summed E-state index contributed by atoms with van der Waals surface area (Å²) in [4.78, 5) is 25.2. The van der Waals surface area contributed by atoms with E-state index in [1.807, 2.05) is 29.2 Å². The van der Waals surface area contributed by atoms with E-state index in [0.29, 0.717) is 19.5 Å². The van der Waals surface area contributed by atoms with Crippen LogP contribution < -0.4 is 21.1 Å². The Labute approximate surface area is 154 Å². The molecule has 0 spiro atoms. The van der Waals surface area contributed by atoms with E-state index in [9.17, 15) is 9.59 Å². The van der Waals surface area contributed by atoms with E-state index < -0.39 is 6.03 Å². The average molecular weight is 371 g/mol. The maximum atomic E-state index is 12.6. The zero-order valence-corrected chi connectivity index (χ0v) is 15.3. The molecule has 1 heterocycles. The van der Waals surface area contributed by atoms with Gasteiger partial charge in [0.15, 0.2) is 0 Å². The number of hydrogen-bond donors (Lipinski definition) is 3. The zero-order chi connectivity index (χ0) is 17.4. The third kappa shape index (κ3) is 6.10. The lowest BCUT2D eigenvalue weighted by atomic mass is 10.0. The Kier molecular flexibility index (Phi) is 9.08. The highest BCUT2D eigenvalue weighted by Gasteiger charge is 2.29. The minimum atomic E-state index is -0.528. The van der Waals surface area contributed by atoms with E-state index in [-0.39, 0.29) is 24.4 Å². The lowest BCUT2D eigenvalue weighted by molar-refractivity contribution is -0.134. The third-order valence-corrected chi connectivity index (χ3v) is 4.18. The highest BCUT2D eigenvalue weighted by atomic mass is 35.5. The van der Waals surface area contributed by atoms with Crippen molar-refractivity contribution in [3.8, 4) is 5.75 Å². The van der Waals surface area contributed by atoms with E-state index in [1.165, 1.54) is 0 Å². The Morgan fingerprint density at radius 2 is 2.12 bits per heavy atom. The number of primary amides is 1. The number of nitrogens with one attached hydrogen (secondary N) is 2. The van der Waals surface area contributed by atoms with Gasteiger partial charge in [-0.25, -0.2) is 4.79 Å². The number of urea groups is 1. The van der Waals surface area contributed by atoms with Gasteiger partial charge in [0.2, 0.25) is 5.91 Å². The Morgan fingerprint density at radius 1 is 1.36 bits per heavy atom. The van der Waals surface area contributed by atoms with Gasteiger partial charge in [-0.05, 0) is 18.9 Å². The molecular weight excluding hydrogens is 344 g/mol. The summed E-state index contributed by atoms with van der Waals surface area (Å²) < 4.78 is 5.44. The predicted octanol–water partition coefficient (Wildman–Crippen LogP) is 1.43. The number of para-hydroxylation sites is 1. The van der Waals surface area contributed by atoms with Gasteiger partial charge >= 0.3 is 6.03 Å². The number of carbonyl (C=O) groups is 2. The van der Waals surface area contributed by atoms with Crippen LogP contribution in [0.15, 0.2) is 24.3 Å². The molecule has 1 unspecified atom stereocenters. The molecule has 4 N–H and O–H groups in total.